The van der Waals surface area contributed by atoms with E-state index in [1.54, 1.807) is 19.2 Å². The Morgan fingerprint density at radius 2 is 2.16 bits per heavy atom. The maximum Gasteiger partial charge on any atom is 0.165 e. The van der Waals surface area contributed by atoms with Gasteiger partial charge in [0.2, 0.25) is 0 Å². The smallest absolute Gasteiger partial charge is 0.165 e. The van der Waals surface area contributed by atoms with Gasteiger partial charge in [0.05, 0.1) is 19.4 Å². The third kappa shape index (κ3) is 3.23. The van der Waals surface area contributed by atoms with Gasteiger partial charge in [-0.2, -0.15) is 5.10 Å². The number of aromatic amines is 1. The second-order valence-corrected chi connectivity index (χ2v) is 3.94. The van der Waals surface area contributed by atoms with Crippen LogP contribution in [0.25, 0.3) is 11.3 Å². The van der Waals surface area contributed by atoms with Crippen molar-refractivity contribution in [3.05, 3.63) is 30.1 Å². The van der Waals surface area contributed by atoms with Gasteiger partial charge in [0.1, 0.15) is 5.82 Å². The van der Waals surface area contributed by atoms with Crippen LogP contribution in [0.3, 0.4) is 0 Å². The number of ether oxygens (including phenoxy) is 2. The quantitative estimate of drug-likeness (QED) is 0.787. The van der Waals surface area contributed by atoms with Gasteiger partial charge in [0.25, 0.3) is 0 Å². The lowest BCUT2D eigenvalue weighted by Crippen LogP contribution is -2.07. The summed E-state index contributed by atoms with van der Waals surface area (Å²) in [6.07, 6.45) is 0. The van der Waals surface area contributed by atoms with Crippen LogP contribution < -0.4 is 10.1 Å². The molecule has 2 rings (SSSR count). The van der Waals surface area contributed by atoms with Crippen molar-refractivity contribution in [1.29, 1.82) is 0 Å². The van der Waals surface area contributed by atoms with Crippen LogP contribution >= 0.6 is 0 Å². The zero-order valence-corrected chi connectivity index (χ0v) is 10.9. The fraction of sp³-hybridized carbons (Fsp3) is 0.308. The number of nitrogens with one attached hydrogen (secondary N) is 2. The van der Waals surface area contributed by atoms with Crippen molar-refractivity contribution in [3.63, 3.8) is 0 Å². The molecule has 1 aromatic carbocycles. The number of rotatable bonds is 6. The summed E-state index contributed by atoms with van der Waals surface area (Å²) >= 11 is 0. The van der Waals surface area contributed by atoms with E-state index in [9.17, 15) is 4.39 Å². The molecule has 19 heavy (non-hydrogen) atoms. The fourth-order valence-corrected chi connectivity index (χ4v) is 1.68. The normalized spacial score (nSPS) is 10.5. The fourth-order valence-electron chi connectivity index (χ4n) is 1.68. The molecule has 0 aliphatic carbocycles. The molecule has 0 aliphatic rings. The number of aromatic nitrogens is 2. The van der Waals surface area contributed by atoms with Gasteiger partial charge in [-0.25, -0.2) is 4.39 Å². The molecule has 0 bridgehead atoms. The maximum absolute atomic E-state index is 13.6. The predicted octanol–water partition coefficient (Wildman–Crippen LogP) is 2.28. The lowest BCUT2D eigenvalue weighted by Gasteiger charge is -2.03. The van der Waals surface area contributed by atoms with Crippen LogP contribution in [0, 0.1) is 5.82 Å². The molecule has 102 valence electrons. The van der Waals surface area contributed by atoms with Crippen molar-refractivity contribution >= 4 is 5.82 Å². The zero-order chi connectivity index (χ0) is 13.7. The Hall–Kier alpha value is -2.08. The summed E-state index contributed by atoms with van der Waals surface area (Å²) in [6, 6.07) is 6.58. The van der Waals surface area contributed by atoms with Crippen LogP contribution in [0.2, 0.25) is 0 Å². The standard InChI is InChI=1S/C13H16FN3O2/c1-18-6-5-15-13-8-11(16-17-13)9-3-4-12(19-2)10(14)7-9/h3-4,7-8H,5-6H2,1-2H3,(H2,15,16,17). The highest BCUT2D eigenvalue weighted by atomic mass is 19.1. The average molecular weight is 265 g/mol. The van der Waals surface area contributed by atoms with Crippen molar-refractivity contribution in [1.82, 2.24) is 10.2 Å². The number of methoxy groups -OCH3 is 2. The molecule has 0 aliphatic heterocycles. The van der Waals surface area contributed by atoms with Gasteiger partial charge >= 0.3 is 0 Å². The number of H-pyrrole nitrogens is 1. The molecular weight excluding hydrogens is 249 g/mol. The highest BCUT2D eigenvalue weighted by Gasteiger charge is 2.07. The van der Waals surface area contributed by atoms with Crippen LogP contribution in [0.5, 0.6) is 5.75 Å². The van der Waals surface area contributed by atoms with E-state index >= 15 is 0 Å². The Balaban J connectivity index is 2.11. The molecule has 0 spiro atoms. The second kappa shape index (κ2) is 6.19. The number of hydrogen-bond donors (Lipinski definition) is 2. The van der Waals surface area contributed by atoms with Crippen molar-refractivity contribution in [2.75, 3.05) is 32.7 Å². The van der Waals surface area contributed by atoms with Crippen molar-refractivity contribution in [3.8, 4) is 17.0 Å². The molecule has 0 fully saturated rings. The van der Waals surface area contributed by atoms with Gasteiger partial charge < -0.3 is 14.8 Å². The van der Waals surface area contributed by atoms with E-state index in [0.29, 0.717) is 24.5 Å². The first-order chi connectivity index (χ1) is 9.24. The summed E-state index contributed by atoms with van der Waals surface area (Å²) in [5, 5.41) is 10.0. The van der Waals surface area contributed by atoms with Gasteiger partial charge in [-0.3, -0.25) is 5.10 Å². The minimum atomic E-state index is -0.400. The Bertz CT molecular complexity index is 542. The molecular formula is C13H16FN3O2. The van der Waals surface area contributed by atoms with Crippen molar-refractivity contribution < 1.29 is 13.9 Å². The van der Waals surface area contributed by atoms with Gasteiger partial charge in [0.15, 0.2) is 11.6 Å². The van der Waals surface area contributed by atoms with E-state index in [1.807, 2.05) is 6.07 Å². The molecule has 1 aromatic heterocycles. The predicted molar refractivity (Wildman–Crippen MR) is 70.9 cm³/mol. The molecule has 2 aromatic rings. The molecule has 0 radical (unpaired) electrons. The lowest BCUT2D eigenvalue weighted by atomic mass is 10.1. The molecule has 2 N–H and O–H groups in total. The van der Waals surface area contributed by atoms with Crippen molar-refractivity contribution in [2.45, 2.75) is 0 Å². The summed E-state index contributed by atoms with van der Waals surface area (Å²) in [5.74, 6) is 0.522. The summed E-state index contributed by atoms with van der Waals surface area (Å²) < 4.78 is 23.4. The SMILES string of the molecule is COCCNc1cc(-c2ccc(OC)c(F)c2)[nH]n1. The Morgan fingerprint density at radius 3 is 2.84 bits per heavy atom. The van der Waals surface area contributed by atoms with E-state index < -0.39 is 5.82 Å². The number of anilines is 1. The zero-order valence-electron chi connectivity index (χ0n) is 10.9. The Labute approximate surface area is 110 Å². The molecule has 0 amide bonds. The third-order valence-electron chi connectivity index (χ3n) is 2.65. The van der Waals surface area contributed by atoms with E-state index in [-0.39, 0.29) is 5.75 Å². The highest BCUT2D eigenvalue weighted by molar-refractivity contribution is 5.63. The average Bonchev–Trinajstić information content (AvgIpc) is 2.88. The number of benzene rings is 1. The molecule has 6 heteroatoms. The van der Waals surface area contributed by atoms with E-state index in [1.165, 1.54) is 13.2 Å². The number of nitrogens with zero attached hydrogens (tertiary/aromatic N) is 1. The van der Waals surface area contributed by atoms with E-state index in [0.717, 1.165) is 5.69 Å². The van der Waals surface area contributed by atoms with Gasteiger partial charge in [-0.1, -0.05) is 0 Å². The molecule has 1 heterocycles. The Morgan fingerprint density at radius 1 is 1.32 bits per heavy atom. The summed E-state index contributed by atoms with van der Waals surface area (Å²) in [4.78, 5) is 0. The first-order valence-electron chi connectivity index (χ1n) is 5.86. The summed E-state index contributed by atoms with van der Waals surface area (Å²) in [5.41, 5.74) is 1.45. The molecule has 5 nitrogen and oxygen atoms in total. The van der Waals surface area contributed by atoms with Crippen molar-refractivity contribution in [2.24, 2.45) is 0 Å². The van der Waals surface area contributed by atoms with Gasteiger partial charge in [-0.15, -0.1) is 0 Å². The topological polar surface area (TPSA) is 59.2 Å². The number of halogens is 1. The van der Waals surface area contributed by atoms with Gasteiger partial charge in [-0.05, 0) is 18.2 Å². The van der Waals surface area contributed by atoms with Crippen LogP contribution in [-0.4, -0.2) is 37.6 Å². The molecule has 0 saturated carbocycles. The van der Waals surface area contributed by atoms with Crippen LogP contribution in [0.1, 0.15) is 0 Å². The van der Waals surface area contributed by atoms with E-state index in [4.69, 9.17) is 9.47 Å². The summed E-state index contributed by atoms with van der Waals surface area (Å²) in [6.45, 7) is 1.26. The largest absolute Gasteiger partial charge is 0.494 e. The first-order valence-corrected chi connectivity index (χ1v) is 5.86. The van der Waals surface area contributed by atoms with Crippen LogP contribution in [0.15, 0.2) is 24.3 Å². The number of hydrogen-bond acceptors (Lipinski definition) is 4. The first kappa shape index (κ1) is 13.4. The van der Waals surface area contributed by atoms with Crippen LogP contribution in [0.4, 0.5) is 10.2 Å². The molecule has 0 saturated heterocycles. The Kier molecular flexibility index (Phi) is 4.35. The minimum absolute atomic E-state index is 0.224. The van der Waals surface area contributed by atoms with E-state index in [2.05, 4.69) is 15.5 Å². The lowest BCUT2D eigenvalue weighted by molar-refractivity contribution is 0.210. The summed E-state index contributed by atoms with van der Waals surface area (Å²) in [7, 11) is 3.07. The van der Waals surface area contributed by atoms with Gasteiger partial charge in [0, 0.05) is 25.3 Å². The molecule has 0 unspecified atom stereocenters. The monoisotopic (exact) mass is 265 g/mol. The highest BCUT2D eigenvalue weighted by Crippen LogP contribution is 2.25. The molecule has 0 atom stereocenters. The minimum Gasteiger partial charge on any atom is -0.494 e. The second-order valence-electron chi connectivity index (χ2n) is 3.94. The third-order valence-corrected chi connectivity index (χ3v) is 2.65. The van der Waals surface area contributed by atoms with Crippen LogP contribution in [-0.2, 0) is 4.74 Å². The maximum atomic E-state index is 13.6.